The van der Waals surface area contributed by atoms with Gasteiger partial charge in [0.05, 0.1) is 23.9 Å². The van der Waals surface area contributed by atoms with Gasteiger partial charge < -0.3 is 10.4 Å². The lowest BCUT2D eigenvalue weighted by molar-refractivity contribution is 0.0916. The number of nitrogens with zero attached hydrogens (tertiary/aromatic N) is 2. The van der Waals surface area contributed by atoms with Gasteiger partial charge in [0.2, 0.25) is 0 Å². The molecule has 146 valence electrons. The van der Waals surface area contributed by atoms with Crippen LogP contribution in [0.2, 0.25) is 5.02 Å². The summed E-state index contributed by atoms with van der Waals surface area (Å²) in [6, 6.07) is 15.1. The second-order valence-electron chi connectivity index (χ2n) is 7.10. The molecular formula is C22H24ClN3O2. The molecule has 6 heteroatoms. The van der Waals surface area contributed by atoms with Gasteiger partial charge in [0, 0.05) is 18.3 Å². The standard InChI is InChI=1S/C22H24ClN3O2/c1-15(2)17-7-9-18(10-8-17)21(27)12-24-22(28)19-5-3-16(4-6-19)13-26-14-20(23)11-25-26/h3-11,14-15,21,27H,12-13H2,1-2H3,(H,24,28). The SMILES string of the molecule is CC(C)c1ccc(C(O)CNC(=O)c2ccc(Cn3cc(Cl)cn3)cc2)cc1. The van der Waals surface area contributed by atoms with Crippen LogP contribution in [0.1, 0.15) is 52.9 Å². The Morgan fingerprint density at radius 3 is 2.32 bits per heavy atom. The maximum Gasteiger partial charge on any atom is 0.251 e. The van der Waals surface area contributed by atoms with Gasteiger partial charge in [0.25, 0.3) is 5.91 Å². The first-order chi connectivity index (χ1) is 13.4. The number of benzene rings is 2. The Hall–Kier alpha value is -2.63. The summed E-state index contributed by atoms with van der Waals surface area (Å²) >= 11 is 5.86. The third-order valence-electron chi connectivity index (χ3n) is 4.61. The van der Waals surface area contributed by atoms with Crippen LogP contribution in [-0.4, -0.2) is 27.3 Å². The van der Waals surface area contributed by atoms with Crippen molar-refractivity contribution in [3.8, 4) is 0 Å². The highest BCUT2D eigenvalue weighted by molar-refractivity contribution is 6.30. The second kappa shape index (κ2) is 9.04. The van der Waals surface area contributed by atoms with Crippen LogP contribution in [0.4, 0.5) is 0 Å². The van der Waals surface area contributed by atoms with Crippen molar-refractivity contribution in [3.05, 3.63) is 88.2 Å². The molecule has 0 radical (unpaired) electrons. The summed E-state index contributed by atoms with van der Waals surface area (Å²) in [5, 5.41) is 17.8. The molecular weight excluding hydrogens is 374 g/mol. The van der Waals surface area contributed by atoms with E-state index in [1.165, 1.54) is 5.56 Å². The van der Waals surface area contributed by atoms with E-state index in [0.29, 0.717) is 23.0 Å². The molecule has 28 heavy (non-hydrogen) atoms. The molecule has 0 bridgehead atoms. The molecule has 0 aliphatic heterocycles. The number of aliphatic hydroxyl groups is 1. The smallest absolute Gasteiger partial charge is 0.251 e. The lowest BCUT2D eigenvalue weighted by atomic mass is 10.00. The number of rotatable bonds is 7. The average molecular weight is 398 g/mol. The Morgan fingerprint density at radius 2 is 1.75 bits per heavy atom. The number of halogens is 1. The van der Waals surface area contributed by atoms with Crippen molar-refractivity contribution in [1.29, 1.82) is 0 Å². The highest BCUT2D eigenvalue weighted by Gasteiger charge is 2.11. The molecule has 2 aromatic carbocycles. The van der Waals surface area contributed by atoms with E-state index in [1.807, 2.05) is 36.4 Å². The normalized spacial score (nSPS) is 12.2. The number of nitrogens with one attached hydrogen (secondary N) is 1. The van der Waals surface area contributed by atoms with E-state index in [2.05, 4.69) is 24.3 Å². The van der Waals surface area contributed by atoms with Gasteiger partial charge in [-0.05, 0) is 34.7 Å². The summed E-state index contributed by atoms with van der Waals surface area (Å²) in [5.74, 6) is 0.227. The minimum atomic E-state index is -0.742. The number of aliphatic hydroxyl groups excluding tert-OH is 1. The van der Waals surface area contributed by atoms with Gasteiger partial charge in [-0.3, -0.25) is 9.48 Å². The van der Waals surface area contributed by atoms with Gasteiger partial charge in [-0.25, -0.2) is 0 Å². The fourth-order valence-electron chi connectivity index (χ4n) is 2.89. The summed E-state index contributed by atoms with van der Waals surface area (Å²) in [7, 11) is 0. The van der Waals surface area contributed by atoms with Gasteiger partial charge in [-0.2, -0.15) is 5.10 Å². The highest BCUT2D eigenvalue weighted by atomic mass is 35.5. The third kappa shape index (κ3) is 5.21. The van der Waals surface area contributed by atoms with Crippen molar-refractivity contribution in [1.82, 2.24) is 15.1 Å². The first-order valence-corrected chi connectivity index (χ1v) is 9.63. The lowest BCUT2D eigenvalue weighted by Gasteiger charge is -2.14. The van der Waals surface area contributed by atoms with Gasteiger partial charge in [-0.1, -0.05) is 61.8 Å². The molecule has 0 spiro atoms. The first kappa shape index (κ1) is 20.1. The van der Waals surface area contributed by atoms with E-state index in [9.17, 15) is 9.90 Å². The summed E-state index contributed by atoms with van der Waals surface area (Å²) in [6.07, 6.45) is 2.59. The predicted molar refractivity (Wildman–Crippen MR) is 111 cm³/mol. The predicted octanol–water partition coefficient (Wildman–Crippen LogP) is 4.17. The van der Waals surface area contributed by atoms with Crippen LogP contribution in [0.15, 0.2) is 60.9 Å². The lowest BCUT2D eigenvalue weighted by Crippen LogP contribution is -2.28. The van der Waals surface area contributed by atoms with E-state index >= 15 is 0 Å². The number of hydrogen-bond donors (Lipinski definition) is 2. The summed E-state index contributed by atoms with van der Waals surface area (Å²) in [6.45, 7) is 5.00. The topological polar surface area (TPSA) is 67.2 Å². The maximum absolute atomic E-state index is 12.3. The summed E-state index contributed by atoms with van der Waals surface area (Å²) in [4.78, 5) is 12.3. The molecule has 0 fully saturated rings. The van der Waals surface area contributed by atoms with Crippen molar-refractivity contribution < 1.29 is 9.90 Å². The van der Waals surface area contributed by atoms with Crippen molar-refractivity contribution in [2.75, 3.05) is 6.54 Å². The molecule has 0 saturated heterocycles. The Morgan fingerprint density at radius 1 is 1.11 bits per heavy atom. The number of amides is 1. The van der Waals surface area contributed by atoms with Gasteiger partial charge in [0.1, 0.15) is 0 Å². The van der Waals surface area contributed by atoms with Crippen LogP contribution in [0.25, 0.3) is 0 Å². The maximum atomic E-state index is 12.3. The second-order valence-corrected chi connectivity index (χ2v) is 7.54. The van der Waals surface area contributed by atoms with Crippen molar-refractivity contribution in [2.45, 2.75) is 32.4 Å². The number of aromatic nitrogens is 2. The molecule has 5 nitrogen and oxygen atoms in total. The van der Waals surface area contributed by atoms with Gasteiger partial charge in [0.15, 0.2) is 0 Å². The molecule has 1 heterocycles. The van der Waals surface area contributed by atoms with Crippen molar-refractivity contribution in [2.24, 2.45) is 0 Å². The van der Waals surface area contributed by atoms with Crippen LogP contribution in [0.3, 0.4) is 0 Å². The monoisotopic (exact) mass is 397 g/mol. The molecule has 1 amide bonds. The Balaban J connectivity index is 1.54. The zero-order valence-electron chi connectivity index (χ0n) is 16.0. The Bertz CT molecular complexity index is 918. The van der Waals surface area contributed by atoms with Crippen LogP contribution in [-0.2, 0) is 6.54 Å². The minimum Gasteiger partial charge on any atom is -0.387 e. The first-order valence-electron chi connectivity index (χ1n) is 9.25. The quantitative estimate of drug-likeness (QED) is 0.628. The molecule has 1 aromatic heterocycles. The molecule has 3 aromatic rings. The van der Waals surface area contributed by atoms with E-state index in [1.54, 1.807) is 29.2 Å². The molecule has 3 rings (SSSR count). The zero-order valence-corrected chi connectivity index (χ0v) is 16.7. The Labute approximate surface area is 170 Å². The third-order valence-corrected chi connectivity index (χ3v) is 4.80. The van der Waals surface area contributed by atoms with Gasteiger partial charge >= 0.3 is 0 Å². The van der Waals surface area contributed by atoms with Crippen molar-refractivity contribution >= 4 is 17.5 Å². The average Bonchev–Trinajstić information content (AvgIpc) is 3.11. The zero-order chi connectivity index (χ0) is 20.1. The number of hydrogen-bond acceptors (Lipinski definition) is 3. The van der Waals surface area contributed by atoms with Crippen LogP contribution in [0, 0.1) is 0 Å². The molecule has 0 saturated carbocycles. The fraction of sp³-hybridized carbons (Fsp3) is 0.273. The van der Waals surface area contributed by atoms with Crippen LogP contribution in [0.5, 0.6) is 0 Å². The molecule has 0 aliphatic carbocycles. The highest BCUT2D eigenvalue weighted by Crippen LogP contribution is 2.18. The van der Waals surface area contributed by atoms with E-state index in [-0.39, 0.29) is 12.5 Å². The van der Waals surface area contributed by atoms with Crippen LogP contribution < -0.4 is 5.32 Å². The number of carbonyl (C=O) groups is 1. The summed E-state index contributed by atoms with van der Waals surface area (Å²) < 4.78 is 1.73. The minimum absolute atomic E-state index is 0.160. The molecule has 1 unspecified atom stereocenters. The summed E-state index contributed by atoms with van der Waals surface area (Å²) in [5.41, 5.74) is 3.57. The van der Waals surface area contributed by atoms with E-state index < -0.39 is 6.10 Å². The van der Waals surface area contributed by atoms with E-state index in [4.69, 9.17) is 11.6 Å². The molecule has 2 N–H and O–H groups in total. The van der Waals surface area contributed by atoms with Gasteiger partial charge in [-0.15, -0.1) is 0 Å². The fourth-order valence-corrected chi connectivity index (χ4v) is 3.04. The molecule has 1 atom stereocenters. The van der Waals surface area contributed by atoms with E-state index in [0.717, 1.165) is 11.1 Å². The molecule has 0 aliphatic rings. The van der Waals surface area contributed by atoms with Crippen molar-refractivity contribution in [3.63, 3.8) is 0 Å². The van der Waals surface area contributed by atoms with Crippen LogP contribution >= 0.6 is 11.6 Å². The Kier molecular flexibility index (Phi) is 6.49. The number of carbonyl (C=O) groups excluding carboxylic acids is 1. The largest absolute Gasteiger partial charge is 0.387 e.